The molecule has 4 rings (SSSR count). The Morgan fingerprint density at radius 2 is 1.93 bits per heavy atom. The molecule has 4 aromatic rings. The van der Waals surface area contributed by atoms with Gasteiger partial charge in [0.2, 0.25) is 0 Å². The van der Waals surface area contributed by atoms with E-state index in [2.05, 4.69) is 25.6 Å². The second kappa shape index (κ2) is 7.25. The number of rotatable bonds is 5. The number of aromatic amines is 1. The normalized spacial score (nSPS) is 10.7. The molecule has 27 heavy (non-hydrogen) atoms. The molecular weight excluding hydrogens is 340 g/mol. The van der Waals surface area contributed by atoms with Gasteiger partial charge in [-0.3, -0.25) is 19.6 Å². The van der Waals surface area contributed by atoms with E-state index in [1.165, 1.54) is 0 Å². The molecule has 0 atom stereocenters. The first-order valence-electron chi connectivity index (χ1n) is 8.52. The van der Waals surface area contributed by atoms with Gasteiger partial charge in [-0.1, -0.05) is 36.4 Å². The van der Waals surface area contributed by atoms with Crippen LogP contribution in [0.1, 0.15) is 16.1 Å². The molecule has 0 aliphatic carbocycles. The van der Waals surface area contributed by atoms with Gasteiger partial charge in [0.25, 0.3) is 5.91 Å². The lowest BCUT2D eigenvalue weighted by molar-refractivity contribution is 0.0946. The minimum atomic E-state index is -0.207. The fourth-order valence-electron chi connectivity index (χ4n) is 2.73. The monoisotopic (exact) mass is 358 g/mol. The van der Waals surface area contributed by atoms with Crippen molar-refractivity contribution < 1.29 is 4.79 Å². The van der Waals surface area contributed by atoms with Crippen LogP contribution >= 0.6 is 0 Å². The summed E-state index contributed by atoms with van der Waals surface area (Å²) in [6.45, 7) is 0.388. The zero-order valence-electron chi connectivity index (χ0n) is 14.8. The number of amides is 1. The van der Waals surface area contributed by atoms with Crippen LogP contribution in [0.3, 0.4) is 0 Å². The number of H-pyrrole nitrogens is 1. The van der Waals surface area contributed by atoms with Crippen LogP contribution in [0.25, 0.3) is 22.5 Å². The van der Waals surface area contributed by atoms with Gasteiger partial charge in [0.05, 0.1) is 17.6 Å². The van der Waals surface area contributed by atoms with Gasteiger partial charge >= 0.3 is 0 Å². The lowest BCUT2D eigenvalue weighted by Crippen LogP contribution is -2.23. The molecule has 1 amide bonds. The molecule has 0 aliphatic heterocycles. The molecule has 0 radical (unpaired) electrons. The number of nitrogens with zero attached hydrogens (tertiary/aromatic N) is 4. The quantitative estimate of drug-likeness (QED) is 0.574. The predicted octanol–water partition coefficient (Wildman–Crippen LogP) is 2.80. The fourth-order valence-corrected chi connectivity index (χ4v) is 2.73. The molecule has 134 valence electrons. The molecule has 0 saturated carbocycles. The third-order valence-electron chi connectivity index (χ3n) is 4.17. The van der Waals surface area contributed by atoms with Crippen LogP contribution in [0.2, 0.25) is 0 Å². The maximum Gasteiger partial charge on any atom is 0.269 e. The van der Waals surface area contributed by atoms with Gasteiger partial charge in [-0.15, -0.1) is 0 Å². The van der Waals surface area contributed by atoms with Gasteiger partial charge in [-0.25, -0.2) is 0 Å². The molecule has 1 aromatic carbocycles. The molecule has 0 fully saturated rings. The Bertz CT molecular complexity index is 1050. The smallest absolute Gasteiger partial charge is 0.269 e. The zero-order chi connectivity index (χ0) is 18.6. The lowest BCUT2D eigenvalue weighted by Gasteiger charge is -2.04. The number of aromatic nitrogens is 5. The largest absolute Gasteiger partial charge is 0.347 e. The van der Waals surface area contributed by atoms with Crippen molar-refractivity contribution in [2.24, 2.45) is 7.05 Å². The van der Waals surface area contributed by atoms with E-state index in [4.69, 9.17) is 0 Å². The predicted molar refractivity (Wildman–Crippen MR) is 102 cm³/mol. The summed E-state index contributed by atoms with van der Waals surface area (Å²) < 4.78 is 1.74. The Balaban J connectivity index is 1.39. The summed E-state index contributed by atoms with van der Waals surface area (Å²) in [4.78, 5) is 16.8. The van der Waals surface area contributed by atoms with E-state index < -0.39 is 0 Å². The van der Waals surface area contributed by atoms with Crippen LogP contribution in [-0.4, -0.2) is 30.9 Å². The van der Waals surface area contributed by atoms with Crippen LogP contribution in [0.15, 0.2) is 67.1 Å². The summed E-state index contributed by atoms with van der Waals surface area (Å²) in [5.74, 6) is -0.207. The Morgan fingerprint density at radius 1 is 1.07 bits per heavy atom. The highest BCUT2D eigenvalue weighted by molar-refractivity contribution is 5.93. The molecule has 2 N–H and O–H groups in total. The molecule has 0 aliphatic rings. The first-order valence-corrected chi connectivity index (χ1v) is 8.52. The third-order valence-corrected chi connectivity index (χ3v) is 4.17. The Kier molecular flexibility index (Phi) is 4.49. The highest BCUT2D eigenvalue weighted by atomic mass is 16.1. The Hall–Kier alpha value is -3.74. The van der Waals surface area contributed by atoms with Crippen molar-refractivity contribution in [1.29, 1.82) is 0 Å². The first kappa shape index (κ1) is 16.7. The van der Waals surface area contributed by atoms with E-state index in [-0.39, 0.29) is 5.91 Å². The number of carbonyl (C=O) groups is 1. The van der Waals surface area contributed by atoms with Crippen molar-refractivity contribution >= 4 is 5.91 Å². The first-order chi connectivity index (χ1) is 13.2. The molecule has 0 unspecified atom stereocenters. The van der Waals surface area contributed by atoms with Crippen molar-refractivity contribution in [1.82, 2.24) is 30.3 Å². The summed E-state index contributed by atoms with van der Waals surface area (Å²) >= 11 is 0. The number of pyridine rings is 1. The van der Waals surface area contributed by atoms with Crippen molar-refractivity contribution in [2.75, 3.05) is 0 Å². The molecule has 0 spiro atoms. The number of hydrogen-bond acceptors (Lipinski definition) is 4. The molecule has 3 heterocycles. The van der Waals surface area contributed by atoms with E-state index >= 15 is 0 Å². The number of carbonyl (C=O) groups excluding carboxylic acids is 1. The van der Waals surface area contributed by atoms with Crippen molar-refractivity contribution in [3.8, 4) is 22.5 Å². The molecule has 0 bridgehead atoms. The third kappa shape index (κ3) is 3.77. The van der Waals surface area contributed by atoms with Gasteiger partial charge in [-0.2, -0.15) is 10.2 Å². The van der Waals surface area contributed by atoms with Gasteiger partial charge in [0.15, 0.2) is 0 Å². The summed E-state index contributed by atoms with van der Waals surface area (Å²) in [5.41, 5.74) is 4.84. The highest BCUT2D eigenvalue weighted by Crippen LogP contribution is 2.17. The Labute approximate surface area is 156 Å². The second-order valence-corrected chi connectivity index (χ2v) is 6.17. The van der Waals surface area contributed by atoms with E-state index in [0.717, 1.165) is 28.1 Å². The summed E-state index contributed by atoms with van der Waals surface area (Å²) in [7, 11) is 1.87. The van der Waals surface area contributed by atoms with Crippen LogP contribution in [-0.2, 0) is 13.6 Å². The maximum absolute atomic E-state index is 12.3. The van der Waals surface area contributed by atoms with Crippen LogP contribution < -0.4 is 5.32 Å². The topological polar surface area (TPSA) is 88.5 Å². The van der Waals surface area contributed by atoms with Gasteiger partial charge in [-0.05, 0) is 17.7 Å². The zero-order valence-corrected chi connectivity index (χ0v) is 14.8. The van der Waals surface area contributed by atoms with Crippen molar-refractivity contribution in [3.05, 3.63) is 78.4 Å². The van der Waals surface area contributed by atoms with E-state index in [1.807, 2.05) is 55.7 Å². The minimum Gasteiger partial charge on any atom is -0.347 e. The van der Waals surface area contributed by atoms with Gasteiger partial charge in [0, 0.05) is 37.1 Å². The fraction of sp³-hybridized carbons (Fsp3) is 0.100. The van der Waals surface area contributed by atoms with Crippen LogP contribution in [0.4, 0.5) is 0 Å². The summed E-state index contributed by atoms with van der Waals surface area (Å²) in [5, 5.41) is 14.0. The lowest BCUT2D eigenvalue weighted by atomic mass is 10.1. The second-order valence-electron chi connectivity index (χ2n) is 6.17. The Morgan fingerprint density at radius 3 is 2.63 bits per heavy atom. The van der Waals surface area contributed by atoms with E-state index in [0.29, 0.717) is 12.2 Å². The molecule has 7 nitrogen and oxygen atoms in total. The van der Waals surface area contributed by atoms with E-state index in [9.17, 15) is 4.79 Å². The number of hydrogen-bond donors (Lipinski definition) is 2. The number of aryl methyl sites for hydroxylation is 1. The minimum absolute atomic E-state index is 0.207. The maximum atomic E-state index is 12.3. The van der Waals surface area contributed by atoms with Gasteiger partial charge < -0.3 is 5.32 Å². The van der Waals surface area contributed by atoms with Crippen molar-refractivity contribution in [3.63, 3.8) is 0 Å². The average Bonchev–Trinajstić information content (AvgIpc) is 3.37. The number of nitrogens with one attached hydrogen (secondary N) is 2. The summed E-state index contributed by atoms with van der Waals surface area (Å²) in [6, 6.07) is 15.3. The molecular formula is C20H18N6O. The standard InChI is InChI=1S/C20H18N6O/c1-26-13-16(12-23-26)17-8-7-14(10-21-17)11-22-20(27)19-9-18(24-25-19)15-5-3-2-4-6-15/h2-10,12-13H,11H2,1H3,(H,22,27)(H,24,25). The molecule has 3 aromatic heterocycles. The van der Waals surface area contributed by atoms with Crippen LogP contribution in [0, 0.1) is 0 Å². The van der Waals surface area contributed by atoms with Gasteiger partial charge in [0.1, 0.15) is 5.69 Å². The SMILES string of the molecule is Cn1cc(-c2ccc(CNC(=O)c3cc(-c4ccccc4)n[nH]3)cn2)cn1. The summed E-state index contributed by atoms with van der Waals surface area (Å²) in [6.07, 6.45) is 5.43. The van der Waals surface area contributed by atoms with Crippen LogP contribution in [0.5, 0.6) is 0 Å². The van der Waals surface area contributed by atoms with Crippen molar-refractivity contribution in [2.45, 2.75) is 6.54 Å². The average molecular weight is 358 g/mol. The number of benzene rings is 1. The molecule has 7 heteroatoms. The van der Waals surface area contributed by atoms with E-state index in [1.54, 1.807) is 23.1 Å². The highest BCUT2D eigenvalue weighted by Gasteiger charge is 2.11. The molecule has 0 saturated heterocycles.